The lowest BCUT2D eigenvalue weighted by Gasteiger charge is -2.08. The van der Waals surface area contributed by atoms with Crippen molar-refractivity contribution in [3.8, 4) is 0 Å². The van der Waals surface area contributed by atoms with Crippen LogP contribution in [0.5, 0.6) is 0 Å². The molecule has 112 valence electrons. The van der Waals surface area contributed by atoms with Gasteiger partial charge in [0.2, 0.25) is 0 Å². The minimum atomic E-state index is -3.73. The quantitative estimate of drug-likeness (QED) is 0.476. The lowest BCUT2D eigenvalue weighted by Crippen LogP contribution is -2.11. The van der Waals surface area contributed by atoms with Gasteiger partial charge in [-0.05, 0) is 53.8 Å². The summed E-state index contributed by atoms with van der Waals surface area (Å²) in [6, 6.07) is 12.0. The van der Waals surface area contributed by atoms with Crippen molar-refractivity contribution in [2.75, 3.05) is 0 Å². The van der Waals surface area contributed by atoms with E-state index < -0.39 is 10.0 Å². The molecule has 0 amide bonds. The van der Waals surface area contributed by atoms with Crippen LogP contribution < -0.4 is 0 Å². The molecule has 3 aromatic rings. The largest absolute Gasteiger partial charge is 0.298 e. The summed E-state index contributed by atoms with van der Waals surface area (Å²) in [4.78, 5) is 11.5. The van der Waals surface area contributed by atoms with Crippen LogP contribution in [0.4, 0.5) is 0 Å². The molecule has 0 aliphatic heterocycles. The molecular formula is C16H12INO3S. The van der Waals surface area contributed by atoms with Gasteiger partial charge in [0.05, 0.1) is 10.4 Å². The molecule has 0 unspecified atom stereocenters. The molecule has 6 heteroatoms. The Bertz CT molecular complexity index is 973. The summed E-state index contributed by atoms with van der Waals surface area (Å²) in [5, 5.41) is 0.661. The third-order valence-electron chi connectivity index (χ3n) is 3.48. The van der Waals surface area contributed by atoms with Crippen molar-refractivity contribution in [2.45, 2.75) is 11.8 Å². The van der Waals surface area contributed by atoms with Crippen LogP contribution >= 0.6 is 22.6 Å². The monoisotopic (exact) mass is 425 g/mol. The molecule has 3 rings (SSSR count). The fraction of sp³-hybridized carbons (Fsp3) is 0.0625. The number of benzene rings is 2. The van der Waals surface area contributed by atoms with Crippen LogP contribution in [0.1, 0.15) is 15.9 Å². The maximum Gasteiger partial charge on any atom is 0.268 e. The minimum Gasteiger partial charge on any atom is -0.298 e. The molecule has 0 spiro atoms. The van der Waals surface area contributed by atoms with Crippen molar-refractivity contribution in [3.63, 3.8) is 0 Å². The first-order chi connectivity index (χ1) is 10.4. The molecule has 0 saturated heterocycles. The predicted molar refractivity (Wildman–Crippen MR) is 93.8 cm³/mol. The van der Waals surface area contributed by atoms with Crippen LogP contribution in [0.15, 0.2) is 53.6 Å². The van der Waals surface area contributed by atoms with Crippen molar-refractivity contribution < 1.29 is 13.2 Å². The molecule has 0 bridgehead atoms. The zero-order chi connectivity index (χ0) is 15.9. The number of aryl methyl sites for hydroxylation is 1. The number of hydrogen-bond acceptors (Lipinski definition) is 3. The summed E-state index contributed by atoms with van der Waals surface area (Å²) in [6.07, 6.45) is 2.07. The van der Waals surface area contributed by atoms with E-state index in [0.717, 1.165) is 9.13 Å². The Morgan fingerprint density at radius 3 is 2.41 bits per heavy atom. The SMILES string of the molecule is Cc1ccc(S(=O)(=O)n2cc(C=O)c3c(I)cccc32)cc1. The highest BCUT2D eigenvalue weighted by Crippen LogP contribution is 2.28. The molecule has 0 aliphatic carbocycles. The number of aromatic nitrogens is 1. The Labute approximate surface area is 142 Å². The van der Waals surface area contributed by atoms with Crippen LogP contribution in [0.25, 0.3) is 10.9 Å². The summed E-state index contributed by atoms with van der Waals surface area (Å²) in [6.45, 7) is 1.90. The van der Waals surface area contributed by atoms with Gasteiger partial charge >= 0.3 is 0 Å². The molecule has 4 nitrogen and oxygen atoms in total. The fourth-order valence-corrected chi connectivity index (χ4v) is 4.52. The summed E-state index contributed by atoms with van der Waals surface area (Å²) in [7, 11) is -3.73. The Hall–Kier alpha value is -1.67. The zero-order valence-corrected chi connectivity index (χ0v) is 14.6. The maximum absolute atomic E-state index is 12.8. The Kier molecular flexibility index (Phi) is 3.82. The summed E-state index contributed by atoms with van der Waals surface area (Å²) >= 11 is 2.10. The van der Waals surface area contributed by atoms with Crippen LogP contribution in [-0.2, 0) is 10.0 Å². The molecule has 0 atom stereocenters. The highest BCUT2D eigenvalue weighted by molar-refractivity contribution is 14.1. The van der Waals surface area contributed by atoms with E-state index in [1.54, 1.807) is 36.4 Å². The van der Waals surface area contributed by atoms with Gasteiger partial charge in [-0.25, -0.2) is 12.4 Å². The highest BCUT2D eigenvalue weighted by atomic mass is 127. The van der Waals surface area contributed by atoms with E-state index in [2.05, 4.69) is 22.6 Å². The minimum absolute atomic E-state index is 0.200. The van der Waals surface area contributed by atoms with Crippen LogP contribution in [0.2, 0.25) is 0 Å². The lowest BCUT2D eigenvalue weighted by molar-refractivity contribution is 0.112. The van der Waals surface area contributed by atoms with E-state index in [4.69, 9.17) is 0 Å². The molecule has 0 saturated carbocycles. The third-order valence-corrected chi connectivity index (χ3v) is 6.07. The summed E-state index contributed by atoms with van der Waals surface area (Å²) in [5.41, 5.74) is 1.87. The first-order valence-electron chi connectivity index (χ1n) is 6.52. The van der Waals surface area contributed by atoms with Gasteiger partial charge < -0.3 is 0 Å². The Balaban J connectivity index is 2.32. The predicted octanol–water partition coefficient (Wildman–Crippen LogP) is 3.60. The first-order valence-corrected chi connectivity index (χ1v) is 9.04. The van der Waals surface area contributed by atoms with E-state index in [1.807, 2.05) is 13.0 Å². The van der Waals surface area contributed by atoms with E-state index in [9.17, 15) is 13.2 Å². The van der Waals surface area contributed by atoms with E-state index in [0.29, 0.717) is 22.8 Å². The van der Waals surface area contributed by atoms with E-state index in [-0.39, 0.29) is 4.90 Å². The second kappa shape index (κ2) is 5.51. The van der Waals surface area contributed by atoms with Gasteiger partial charge in [0.1, 0.15) is 0 Å². The van der Waals surface area contributed by atoms with Crippen molar-refractivity contribution in [2.24, 2.45) is 0 Å². The number of halogens is 1. The first kappa shape index (κ1) is 15.2. The van der Waals surface area contributed by atoms with Crippen LogP contribution in [0.3, 0.4) is 0 Å². The van der Waals surface area contributed by atoms with Crippen molar-refractivity contribution in [3.05, 3.63) is 63.4 Å². The lowest BCUT2D eigenvalue weighted by atomic mass is 10.2. The molecule has 0 fully saturated rings. The van der Waals surface area contributed by atoms with E-state index in [1.165, 1.54) is 10.2 Å². The van der Waals surface area contributed by atoms with E-state index >= 15 is 0 Å². The Morgan fingerprint density at radius 1 is 1.09 bits per heavy atom. The average Bonchev–Trinajstić information content (AvgIpc) is 2.88. The topological polar surface area (TPSA) is 56.1 Å². The smallest absolute Gasteiger partial charge is 0.268 e. The van der Waals surface area contributed by atoms with Crippen molar-refractivity contribution in [1.29, 1.82) is 0 Å². The summed E-state index contributed by atoms with van der Waals surface area (Å²) < 4.78 is 27.7. The number of aldehydes is 1. The molecule has 0 radical (unpaired) electrons. The normalized spacial score (nSPS) is 11.7. The standard InChI is InChI=1S/C16H12INO3S/c1-11-5-7-13(8-6-11)22(20,21)18-9-12(10-19)16-14(17)3-2-4-15(16)18/h2-10H,1H3. The molecule has 0 aliphatic rings. The third kappa shape index (κ3) is 2.36. The zero-order valence-electron chi connectivity index (χ0n) is 11.7. The maximum atomic E-state index is 12.8. The van der Waals surface area contributed by atoms with Crippen molar-refractivity contribution >= 4 is 49.8 Å². The second-order valence-electron chi connectivity index (χ2n) is 4.95. The summed E-state index contributed by atoms with van der Waals surface area (Å²) in [5.74, 6) is 0. The highest BCUT2D eigenvalue weighted by Gasteiger charge is 2.21. The van der Waals surface area contributed by atoms with Gasteiger partial charge in [-0.2, -0.15) is 0 Å². The number of nitrogens with zero attached hydrogens (tertiary/aromatic N) is 1. The fourth-order valence-electron chi connectivity index (χ4n) is 2.35. The van der Waals surface area contributed by atoms with Crippen LogP contribution in [0, 0.1) is 10.5 Å². The molecule has 0 N–H and O–H groups in total. The molecule has 2 aromatic carbocycles. The van der Waals surface area contributed by atoms with Gasteiger partial charge in [0, 0.05) is 20.7 Å². The second-order valence-corrected chi connectivity index (χ2v) is 7.93. The number of carbonyl (C=O) groups is 1. The van der Waals surface area contributed by atoms with Gasteiger partial charge in [-0.1, -0.05) is 23.8 Å². The Morgan fingerprint density at radius 2 is 1.77 bits per heavy atom. The van der Waals surface area contributed by atoms with Gasteiger partial charge in [-0.15, -0.1) is 0 Å². The van der Waals surface area contributed by atoms with Crippen LogP contribution in [-0.4, -0.2) is 18.7 Å². The van der Waals surface area contributed by atoms with Crippen molar-refractivity contribution in [1.82, 2.24) is 3.97 Å². The molecular weight excluding hydrogens is 413 g/mol. The molecule has 1 aromatic heterocycles. The number of fused-ring (bicyclic) bond motifs is 1. The molecule has 22 heavy (non-hydrogen) atoms. The van der Waals surface area contributed by atoms with Gasteiger partial charge in [0.25, 0.3) is 10.0 Å². The number of rotatable bonds is 3. The van der Waals surface area contributed by atoms with Gasteiger partial charge in [0.15, 0.2) is 6.29 Å². The number of hydrogen-bond donors (Lipinski definition) is 0. The average molecular weight is 425 g/mol. The number of carbonyl (C=O) groups excluding carboxylic acids is 1. The molecule has 1 heterocycles. The van der Waals surface area contributed by atoms with Gasteiger partial charge in [-0.3, -0.25) is 4.79 Å².